The van der Waals surface area contributed by atoms with E-state index in [9.17, 15) is 18.5 Å². The molecular weight excluding hydrogens is 296 g/mol. The highest BCUT2D eigenvalue weighted by atomic mass is 35.5. The molecule has 1 N–H and O–H groups in total. The average Bonchev–Trinajstić information content (AvgIpc) is 2.28. The van der Waals surface area contributed by atoms with E-state index in [-0.39, 0.29) is 11.6 Å². The molecule has 0 radical (unpaired) electrons. The molecule has 0 aliphatic carbocycles. The topological polar surface area (TPSA) is 126 Å². The van der Waals surface area contributed by atoms with Crippen LogP contribution in [-0.2, 0) is 10.0 Å². The van der Waals surface area contributed by atoms with E-state index >= 15 is 0 Å². The van der Waals surface area contributed by atoms with E-state index in [1.165, 1.54) is 13.0 Å². The third-order valence-corrected chi connectivity index (χ3v) is 4.04. The Labute approximate surface area is 114 Å². The molecule has 0 saturated heterocycles. The van der Waals surface area contributed by atoms with Gasteiger partial charge in [-0.2, -0.15) is 5.26 Å². The predicted octanol–water partition coefficient (Wildman–Crippen LogP) is 1.69. The summed E-state index contributed by atoms with van der Waals surface area (Å²) in [6.45, 7) is 1.51. The second-order valence-corrected chi connectivity index (χ2v) is 5.68. The van der Waals surface area contributed by atoms with Gasteiger partial charge in [0.25, 0.3) is 0 Å². The summed E-state index contributed by atoms with van der Waals surface area (Å²) in [4.78, 5) is 13.5. The smallest absolute Gasteiger partial charge is 0.260 e. The minimum atomic E-state index is -4.09. The average molecular weight is 305 g/mol. The molecule has 0 spiro atoms. The molecule has 10 heteroatoms. The van der Waals surface area contributed by atoms with E-state index in [2.05, 4.69) is 4.98 Å². The third-order valence-electron chi connectivity index (χ3n) is 2.16. The quantitative estimate of drug-likeness (QED) is 0.501. The molecule has 0 saturated carbocycles. The van der Waals surface area contributed by atoms with Crippen LogP contribution in [0.25, 0.3) is 0 Å². The Hall–Kier alpha value is -1.92. The maximum absolute atomic E-state index is 11.8. The first-order valence-corrected chi connectivity index (χ1v) is 6.96. The number of aromatic nitrogens is 1. The molecule has 1 atom stereocenters. The second kappa shape index (κ2) is 5.81. The van der Waals surface area contributed by atoms with Crippen LogP contribution in [0.15, 0.2) is 12.1 Å². The van der Waals surface area contributed by atoms with Crippen LogP contribution in [0.2, 0.25) is 5.15 Å². The van der Waals surface area contributed by atoms with E-state index in [0.717, 1.165) is 6.07 Å². The molecule has 0 fully saturated rings. The molecule has 102 valence electrons. The van der Waals surface area contributed by atoms with Crippen molar-refractivity contribution in [1.82, 2.24) is 4.98 Å². The highest BCUT2D eigenvalue weighted by molar-refractivity contribution is 7.93. The van der Waals surface area contributed by atoms with E-state index in [0.29, 0.717) is 0 Å². The summed E-state index contributed by atoms with van der Waals surface area (Å²) in [7, 11) is -4.09. The van der Waals surface area contributed by atoms with Gasteiger partial charge in [-0.1, -0.05) is 18.5 Å². The van der Waals surface area contributed by atoms with Crippen LogP contribution in [0.4, 0.5) is 11.5 Å². The number of nitrogens with one attached hydrogen (secondary N) is 1. The van der Waals surface area contributed by atoms with Gasteiger partial charge in [0.15, 0.2) is 5.25 Å². The molecule has 1 heterocycles. The Morgan fingerprint density at radius 1 is 1.63 bits per heavy atom. The normalized spacial score (nSPS) is 12.5. The summed E-state index contributed by atoms with van der Waals surface area (Å²) in [5, 5.41) is 18.0. The molecule has 0 aromatic carbocycles. The van der Waals surface area contributed by atoms with Crippen LogP contribution >= 0.6 is 11.6 Å². The Morgan fingerprint density at radius 2 is 2.26 bits per heavy atom. The number of rotatable bonds is 5. The number of halogens is 1. The van der Waals surface area contributed by atoms with Gasteiger partial charge >= 0.3 is 5.69 Å². The molecule has 1 rings (SSSR count). The minimum absolute atomic E-state index is 0.0419. The molecule has 1 unspecified atom stereocenters. The maximum atomic E-state index is 11.8. The summed E-state index contributed by atoms with van der Waals surface area (Å²) in [5.74, 6) is -0.508. The zero-order valence-electron chi connectivity index (χ0n) is 9.70. The number of nitriles is 1. The largest absolute Gasteiger partial charge is 0.312 e. The van der Waals surface area contributed by atoms with Crippen LogP contribution in [0.1, 0.15) is 13.3 Å². The van der Waals surface area contributed by atoms with Crippen LogP contribution in [0.5, 0.6) is 0 Å². The van der Waals surface area contributed by atoms with Gasteiger partial charge in [-0.3, -0.25) is 14.8 Å². The number of anilines is 1. The standard InChI is InChI=1S/C9H9ClN4O4S/c1-2-6(5-11)19(17,18)13-9-7(14(15)16)3-4-8(10)12-9/h3-4,6H,2H2,1H3,(H,12,13). The number of nitrogens with zero attached hydrogens (tertiary/aromatic N) is 3. The third kappa shape index (κ3) is 3.52. The fourth-order valence-electron chi connectivity index (χ4n) is 1.24. The van der Waals surface area contributed by atoms with Crippen molar-refractivity contribution in [3.8, 4) is 6.07 Å². The summed E-state index contributed by atoms with van der Waals surface area (Å²) < 4.78 is 25.5. The Balaban J connectivity index is 3.23. The Morgan fingerprint density at radius 3 is 2.74 bits per heavy atom. The van der Waals surface area contributed by atoms with Gasteiger partial charge in [-0.25, -0.2) is 13.4 Å². The lowest BCUT2D eigenvalue weighted by Crippen LogP contribution is -2.26. The molecule has 0 aliphatic rings. The molecule has 19 heavy (non-hydrogen) atoms. The first-order valence-electron chi connectivity index (χ1n) is 5.04. The van der Waals surface area contributed by atoms with Crippen molar-refractivity contribution in [2.24, 2.45) is 0 Å². The number of nitro groups is 1. The number of hydrogen-bond acceptors (Lipinski definition) is 6. The van der Waals surface area contributed by atoms with Crippen molar-refractivity contribution < 1.29 is 13.3 Å². The van der Waals surface area contributed by atoms with Crippen molar-refractivity contribution in [2.75, 3.05) is 4.72 Å². The Bertz CT molecular complexity index is 640. The summed E-state index contributed by atoms with van der Waals surface area (Å²) in [6.07, 6.45) is 0.0419. The van der Waals surface area contributed by atoms with Crippen LogP contribution < -0.4 is 4.72 Å². The first kappa shape index (κ1) is 15.1. The fraction of sp³-hybridized carbons (Fsp3) is 0.333. The van der Waals surface area contributed by atoms with E-state index < -0.39 is 31.7 Å². The van der Waals surface area contributed by atoms with Gasteiger partial charge in [-0.15, -0.1) is 0 Å². The van der Waals surface area contributed by atoms with Gasteiger partial charge in [0, 0.05) is 6.07 Å². The first-order chi connectivity index (χ1) is 8.81. The van der Waals surface area contributed by atoms with Crippen molar-refractivity contribution in [1.29, 1.82) is 5.26 Å². The fourth-order valence-corrected chi connectivity index (χ4v) is 2.52. The minimum Gasteiger partial charge on any atom is -0.260 e. The summed E-state index contributed by atoms with van der Waals surface area (Å²) in [5.41, 5.74) is -0.541. The SMILES string of the molecule is CCC(C#N)S(=O)(=O)Nc1nc(Cl)ccc1[N+](=O)[O-]. The van der Waals surface area contributed by atoms with Gasteiger partial charge in [0.2, 0.25) is 15.8 Å². The summed E-state index contributed by atoms with van der Waals surface area (Å²) >= 11 is 5.56. The number of pyridine rings is 1. The summed E-state index contributed by atoms with van der Waals surface area (Å²) in [6, 6.07) is 3.79. The number of hydrogen-bond donors (Lipinski definition) is 1. The van der Waals surface area contributed by atoms with Crippen molar-refractivity contribution in [2.45, 2.75) is 18.6 Å². The van der Waals surface area contributed by atoms with Crippen LogP contribution in [0, 0.1) is 21.4 Å². The van der Waals surface area contributed by atoms with Gasteiger partial charge in [-0.05, 0) is 12.5 Å². The van der Waals surface area contributed by atoms with E-state index in [1.807, 2.05) is 4.72 Å². The lowest BCUT2D eigenvalue weighted by atomic mass is 10.4. The van der Waals surface area contributed by atoms with E-state index in [1.54, 1.807) is 6.07 Å². The van der Waals surface area contributed by atoms with Crippen molar-refractivity contribution in [3.63, 3.8) is 0 Å². The lowest BCUT2D eigenvalue weighted by Gasteiger charge is -2.10. The Kier molecular flexibility index (Phi) is 4.63. The highest BCUT2D eigenvalue weighted by Gasteiger charge is 2.27. The van der Waals surface area contributed by atoms with Gasteiger partial charge in [0.05, 0.1) is 11.0 Å². The molecule has 1 aromatic rings. The zero-order chi connectivity index (χ0) is 14.6. The molecular formula is C9H9ClN4O4S. The van der Waals surface area contributed by atoms with Gasteiger partial charge < -0.3 is 0 Å². The van der Waals surface area contributed by atoms with Crippen molar-refractivity contribution >= 4 is 33.1 Å². The highest BCUT2D eigenvalue weighted by Crippen LogP contribution is 2.25. The van der Waals surface area contributed by atoms with Crippen LogP contribution in [-0.4, -0.2) is 23.6 Å². The second-order valence-electron chi connectivity index (χ2n) is 3.43. The lowest BCUT2D eigenvalue weighted by molar-refractivity contribution is -0.384. The molecule has 0 bridgehead atoms. The monoisotopic (exact) mass is 304 g/mol. The molecule has 0 aliphatic heterocycles. The predicted molar refractivity (Wildman–Crippen MR) is 68.1 cm³/mol. The van der Waals surface area contributed by atoms with Crippen molar-refractivity contribution in [3.05, 3.63) is 27.4 Å². The van der Waals surface area contributed by atoms with Crippen LogP contribution in [0.3, 0.4) is 0 Å². The van der Waals surface area contributed by atoms with E-state index in [4.69, 9.17) is 16.9 Å². The molecule has 1 aromatic heterocycles. The number of sulfonamides is 1. The zero-order valence-corrected chi connectivity index (χ0v) is 11.3. The maximum Gasteiger partial charge on any atom is 0.312 e. The molecule has 8 nitrogen and oxygen atoms in total. The van der Waals surface area contributed by atoms with Gasteiger partial charge in [0.1, 0.15) is 5.15 Å². The molecule has 0 amide bonds.